The Hall–Kier alpha value is -1.03. The molecular formula is C7H8ClN3O. The Labute approximate surface area is 74.9 Å². The van der Waals surface area contributed by atoms with Gasteiger partial charge >= 0.3 is 0 Å². The highest BCUT2D eigenvalue weighted by molar-refractivity contribution is 6.28. The first kappa shape index (κ1) is 7.61. The topological polar surface area (TPSA) is 47.0 Å². The minimum Gasteiger partial charge on any atom is -0.486 e. The van der Waals surface area contributed by atoms with Crippen LogP contribution >= 0.6 is 11.6 Å². The van der Waals surface area contributed by atoms with E-state index in [2.05, 4.69) is 15.3 Å². The molecule has 0 bridgehead atoms. The average molecular weight is 186 g/mol. The van der Waals surface area contributed by atoms with Crippen molar-refractivity contribution in [3.05, 3.63) is 11.5 Å². The number of aromatic nitrogens is 2. The zero-order chi connectivity index (χ0) is 8.55. The molecular weight excluding hydrogens is 178 g/mol. The summed E-state index contributed by atoms with van der Waals surface area (Å²) in [5, 5.41) is 3.38. The van der Waals surface area contributed by atoms with Crippen molar-refractivity contribution >= 4 is 17.4 Å². The second-order valence-corrected chi connectivity index (χ2v) is 3.05. The van der Waals surface area contributed by atoms with E-state index in [-0.39, 0.29) is 11.3 Å². The Balaban J connectivity index is 2.37. The number of fused-ring (bicyclic) bond motifs is 1. The molecule has 1 aromatic heterocycles. The second-order valence-electron chi connectivity index (χ2n) is 2.71. The van der Waals surface area contributed by atoms with Crippen LogP contribution in [0.2, 0.25) is 5.28 Å². The number of anilines is 1. The van der Waals surface area contributed by atoms with E-state index in [0.717, 1.165) is 0 Å². The van der Waals surface area contributed by atoms with Crippen LogP contribution in [0.3, 0.4) is 0 Å². The molecule has 4 nitrogen and oxygen atoms in total. The number of rotatable bonds is 0. The maximum atomic E-state index is 5.61. The highest BCUT2D eigenvalue weighted by Crippen LogP contribution is 2.26. The molecule has 1 unspecified atom stereocenters. The van der Waals surface area contributed by atoms with Gasteiger partial charge in [-0.05, 0) is 18.5 Å². The highest BCUT2D eigenvalue weighted by atomic mass is 35.5. The van der Waals surface area contributed by atoms with Crippen LogP contribution in [0.15, 0.2) is 6.20 Å². The predicted molar refractivity (Wildman–Crippen MR) is 45.6 cm³/mol. The summed E-state index contributed by atoms with van der Waals surface area (Å²) in [6, 6.07) is 0.267. The molecule has 5 heteroatoms. The summed E-state index contributed by atoms with van der Waals surface area (Å²) >= 11 is 5.61. The molecule has 0 aliphatic carbocycles. The molecule has 2 heterocycles. The number of hydrogen-bond acceptors (Lipinski definition) is 4. The first-order valence-corrected chi connectivity index (χ1v) is 4.05. The molecule has 1 N–H and O–H groups in total. The Bertz CT molecular complexity index is 305. The van der Waals surface area contributed by atoms with Gasteiger partial charge in [0.2, 0.25) is 5.28 Å². The molecule has 1 atom stereocenters. The number of nitrogens with zero attached hydrogens (tertiary/aromatic N) is 2. The van der Waals surface area contributed by atoms with E-state index in [1.165, 1.54) is 0 Å². The minimum atomic E-state index is 0.235. The first-order valence-electron chi connectivity index (χ1n) is 3.67. The fraction of sp³-hybridized carbons (Fsp3) is 0.429. The summed E-state index contributed by atoms with van der Waals surface area (Å²) in [6.45, 7) is 2.65. The van der Waals surface area contributed by atoms with Gasteiger partial charge in [0.1, 0.15) is 6.61 Å². The van der Waals surface area contributed by atoms with E-state index in [1.807, 2.05) is 6.92 Å². The molecule has 2 rings (SSSR count). The number of hydrogen-bond donors (Lipinski definition) is 1. The molecule has 0 radical (unpaired) electrons. The summed E-state index contributed by atoms with van der Waals surface area (Å²) in [6.07, 6.45) is 1.57. The zero-order valence-corrected chi connectivity index (χ0v) is 7.30. The largest absolute Gasteiger partial charge is 0.486 e. The van der Waals surface area contributed by atoms with Crippen molar-refractivity contribution in [2.75, 3.05) is 11.9 Å². The van der Waals surface area contributed by atoms with Crippen molar-refractivity contribution in [1.82, 2.24) is 9.97 Å². The van der Waals surface area contributed by atoms with Gasteiger partial charge in [0.05, 0.1) is 12.2 Å². The minimum absolute atomic E-state index is 0.235. The molecule has 12 heavy (non-hydrogen) atoms. The number of halogens is 1. The fourth-order valence-corrected chi connectivity index (χ4v) is 1.18. The third-order valence-corrected chi connectivity index (χ3v) is 1.78. The van der Waals surface area contributed by atoms with E-state index in [0.29, 0.717) is 18.2 Å². The molecule has 0 saturated heterocycles. The van der Waals surface area contributed by atoms with Gasteiger partial charge in [-0.1, -0.05) is 0 Å². The van der Waals surface area contributed by atoms with Crippen LogP contribution in [0.1, 0.15) is 6.92 Å². The van der Waals surface area contributed by atoms with Gasteiger partial charge in [-0.15, -0.1) is 0 Å². The summed E-state index contributed by atoms with van der Waals surface area (Å²) in [7, 11) is 0. The summed E-state index contributed by atoms with van der Waals surface area (Å²) < 4.78 is 5.34. The van der Waals surface area contributed by atoms with Crippen molar-refractivity contribution in [3.63, 3.8) is 0 Å². The molecule has 1 aromatic rings. The van der Waals surface area contributed by atoms with Gasteiger partial charge in [-0.2, -0.15) is 4.98 Å². The van der Waals surface area contributed by atoms with E-state index < -0.39 is 0 Å². The second kappa shape index (κ2) is 2.79. The molecule has 0 spiro atoms. The van der Waals surface area contributed by atoms with Gasteiger partial charge in [0, 0.05) is 0 Å². The summed E-state index contributed by atoms with van der Waals surface area (Å²) in [4.78, 5) is 7.79. The SMILES string of the molecule is CC1COc2cnc(Cl)nc2N1. The van der Waals surface area contributed by atoms with Crippen molar-refractivity contribution in [2.24, 2.45) is 0 Å². The van der Waals surface area contributed by atoms with Crippen LogP contribution in [0, 0.1) is 0 Å². The van der Waals surface area contributed by atoms with Gasteiger partial charge in [0.25, 0.3) is 0 Å². The lowest BCUT2D eigenvalue weighted by atomic mass is 10.3. The standard InChI is InChI=1S/C7H8ClN3O/c1-4-3-12-5-2-9-7(8)11-6(5)10-4/h2,4H,3H2,1H3,(H,9,10,11). The van der Waals surface area contributed by atoms with Crippen molar-refractivity contribution < 1.29 is 4.74 Å². The lowest BCUT2D eigenvalue weighted by Gasteiger charge is -2.22. The van der Waals surface area contributed by atoms with Crippen molar-refractivity contribution in [1.29, 1.82) is 0 Å². The van der Waals surface area contributed by atoms with Crippen LogP contribution in [0.5, 0.6) is 5.75 Å². The van der Waals surface area contributed by atoms with E-state index in [1.54, 1.807) is 6.20 Å². The fourth-order valence-electron chi connectivity index (χ4n) is 1.05. The quantitative estimate of drug-likeness (QED) is 0.620. The molecule has 0 fully saturated rings. The molecule has 1 aliphatic heterocycles. The van der Waals surface area contributed by atoms with E-state index >= 15 is 0 Å². The Morgan fingerprint density at radius 1 is 1.75 bits per heavy atom. The lowest BCUT2D eigenvalue weighted by Crippen LogP contribution is -2.29. The van der Waals surface area contributed by atoms with Crippen LogP contribution < -0.4 is 10.1 Å². The third-order valence-electron chi connectivity index (χ3n) is 1.60. The number of nitrogens with one attached hydrogen (secondary N) is 1. The van der Waals surface area contributed by atoms with Gasteiger partial charge in [0.15, 0.2) is 11.6 Å². The summed E-state index contributed by atoms with van der Waals surface area (Å²) in [5.74, 6) is 1.34. The zero-order valence-electron chi connectivity index (χ0n) is 6.54. The number of ether oxygens (including phenoxy) is 1. The molecule has 64 valence electrons. The normalized spacial score (nSPS) is 20.7. The van der Waals surface area contributed by atoms with E-state index in [4.69, 9.17) is 16.3 Å². The van der Waals surface area contributed by atoms with Gasteiger partial charge < -0.3 is 10.1 Å². The lowest BCUT2D eigenvalue weighted by molar-refractivity contribution is 0.288. The molecule has 0 aromatic carbocycles. The Morgan fingerprint density at radius 3 is 3.42 bits per heavy atom. The predicted octanol–water partition coefficient (Wildman–Crippen LogP) is 1.32. The molecule has 1 aliphatic rings. The van der Waals surface area contributed by atoms with Crippen LogP contribution in [-0.2, 0) is 0 Å². The van der Waals surface area contributed by atoms with Crippen LogP contribution in [-0.4, -0.2) is 22.6 Å². The molecule has 0 amide bonds. The maximum absolute atomic E-state index is 5.61. The van der Waals surface area contributed by atoms with E-state index in [9.17, 15) is 0 Å². The monoisotopic (exact) mass is 185 g/mol. The van der Waals surface area contributed by atoms with Crippen molar-refractivity contribution in [2.45, 2.75) is 13.0 Å². The Kier molecular flexibility index (Phi) is 1.77. The van der Waals surface area contributed by atoms with Crippen LogP contribution in [0.4, 0.5) is 5.82 Å². The smallest absolute Gasteiger partial charge is 0.224 e. The van der Waals surface area contributed by atoms with Gasteiger partial charge in [-0.25, -0.2) is 4.98 Å². The maximum Gasteiger partial charge on any atom is 0.224 e. The first-order chi connectivity index (χ1) is 5.75. The highest BCUT2D eigenvalue weighted by Gasteiger charge is 2.16. The third kappa shape index (κ3) is 1.30. The van der Waals surface area contributed by atoms with Gasteiger partial charge in [-0.3, -0.25) is 0 Å². The van der Waals surface area contributed by atoms with Crippen molar-refractivity contribution in [3.8, 4) is 5.75 Å². The van der Waals surface area contributed by atoms with Crippen LogP contribution in [0.25, 0.3) is 0 Å². The summed E-state index contributed by atoms with van der Waals surface area (Å²) in [5.41, 5.74) is 0. The average Bonchev–Trinajstić information content (AvgIpc) is 2.03. The Morgan fingerprint density at radius 2 is 2.58 bits per heavy atom. The molecule has 0 saturated carbocycles.